The summed E-state index contributed by atoms with van der Waals surface area (Å²) in [7, 11) is 0. The SMILES string of the molecule is CC(=O)OC(C#N)[C@H](C)NC(=O)OCc1ccccc1. The molecular weight excluding hydrogens is 260 g/mol. The Morgan fingerprint density at radius 3 is 2.55 bits per heavy atom. The molecule has 2 atom stereocenters. The summed E-state index contributed by atoms with van der Waals surface area (Å²) < 4.78 is 9.75. The molecule has 0 fully saturated rings. The van der Waals surface area contributed by atoms with Crippen molar-refractivity contribution in [3.05, 3.63) is 35.9 Å². The number of benzene rings is 1. The van der Waals surface area contributed by atoms with Gasteiger partial charge in [0.1, 0.15) is 12.7 Å². The molecule has 106 valence electrons. The van der Waals surface area contributed by atoms with E-state index in [0.29, 0.717) is 0 Å². The van der Waals surface area contributed by atoms with E-state index in [1.807, 2.05) is 30.3 Å². The first kappa shape index (κ1) is 15.5. The number of carbonyl (C=O) groups is 2. The Kier molecular flexibility index (Phi) is 6.04. The molecule has 1 rings (SSSR count). The van der Waals surface area contributed by atoms with Gasteiger partial charge in [-0.2, -0.15) is 5.26 Å². The number of nitrogens with one attached hydrogen (secondary N) is 1. The molecule has 1 aromatic rings. The first-order valence-corrected chi connectivity index (χ1v) is 6.07. The summed E-state index contributed by atoms with van der Waals surface area (Å²) in [6, 6.07) is 10.3. The molecule has 1 amide bonds. The molecule has 20 heavy (non-hydrogen) atoms. The minimum absolute atomic E-state index is 0.129. The minimum Gasteiger partial charge on any atom is -0.445 e. The van der Waals surface area contributed by atoms with E-state index in [1.165, 1.54) is 6.92 Å². The van der Waals surface area contributed by atoms with Crippen molar-refractivity contribution in [2.45, 2.75) is 32.6 Å². The maximum Gasteiger partial charge on any atom is 0.407 e. The van der Waals surface area contributed by atoms with E-state index in [9.17, 15) is 9.59 Å². The normalized spacial score (nSPS) is 12.7. The molecule has 0 heterocycles. The number of nitriles is 1. The van der Waals surface area contributed by atoms with Gasteiger partial charge in [0, 0.05) is 6.92 Å². The van der Waals surface area contributed by atoms with Crippen LogP contribution in [0.4, 0.5) is 4.79 Å². The number of esters is 1. The number of hydrogen-bond donors (Lipinski definition) is 1. The highest BCUT2D eigenvalue weighted by Crippen LogP contribution is 2.02. The molecular formula is C14H16N2O4. The Morgan fingerprint density at radius 1 is 1.35 bits per heavy atom. The Hall–Kier alpha value is -2.55. The van der Waals surface area contributed by atoms with Crippen LogP contribution >= 0.6 is 0 Å². The Morgan fingerprint density at radius 2 is 2.00 bits per heavy atom. The molecule has 0 aliphatic carbocycles. The third kappa shape index (κ3) is 5.40. The zero-order valence-electron chi connectivity index (χ0n) is 11.3. The predicted octanol–water partition coefficient (Wildman–Crippen LogP) is 1.76. The zero-order valence-corrected chi connectivity index (χ0v) is 11.3. The van der Waals surface area contributed by atoms with Crippen molar-refractivity contribution >= 4 is 12.1 Å². The molecule has 0 radical (unpaired) electrons. The van der Waals surface area contributed by atoms with Crippen LogP contribution in [0.5, 0.6) is 0 Å². The van der Waals surface area contributed by atoms with Crippen molar-refractivity contribution in [2.75, 3.05) is 0 Å². The lowest BCUT2D eigenvalue weighted by molar-refractivity contribution is -0.144. The van der Waals surface area contributed by atoms with Crippen LogP contribution in [0.15, 0.2) is 30.3 Å². The van der Waals surface area contributed by atoms with Gasteiger partial charge in [0.2, 0.25) is 6.10 Å². The number of ether oxygens (including phenoxy) is 2. The van der Waals surface area contributed by atoms with Gasteiger partial charge >= 0.3 is 12.1 Å². The van der Waals surface area contributed by atoms with Crippen LogP contribution in [0, 0.1) is 11.3 Å². The fourth-order valence-corrected chi connectivity index (χ4v) is 1.45. The number of nitrogens with zero attached hydrogens (tertiary/aromatic N) is 1. The van der Waals surface area contributed by atoms with Gasteiger partial charge in [-0.25, -0.2) is 4.79 Å². The highest BCUT2D eigenvalue weighted by molar-refractivity contribution is 5.68. The maximum absolute atomic E-state index is 11.5. The molecule has 0 saturated carbocycles. The van der Waals surface area contributed by atoms with Crippen molar-refractivity contribution in [1.82, 2.24) is 5.32 Å². The second kappa shape index (κ2) is 7.79. The highest BCUT2D eigenvalue weighted by Gasteiger charge is 2.22. The van der Waals surface area contributed by atoms with Crippen LogP contribution in [0.1, 0.15) is 19.4 Å². The lowest BCUT2D eigenvalue weighted by Crippen LogP contribution is -2.42. The van der Waals surface area contributed by atoms with Gasteiger partial charge < -0.3 is 14.8 Å². The average Bonchev–Trinajstić information content (AvgIpc) is 2.43. The largest absolute Gasteiger partial charge is 0.445 e. The fraction of sp³-hybridized carbons (Fsp3) is 0.357. The predicted molar refractivity (Wildman–Crippen MR) is 70.4 cm³/mol. The number of hydrogen-bond acceptors (Lipinski definition) is 5. The topological polar surface area (TPSA) is 88.4 Å². The van der Waals surface area contributed by atoms with Gasteiger partial charge in [0.05, 0.1) is 6.04 Å². The molecule has 0 saturated heterocycles. The quantitative estimate of drug-likeness (QED) is 0.828. The van der Waals surface area contributed by atoms with Crippen LogP contribution in [0.3, 0.4) is 0 Å². The highest BCUT2D eigenvalue weighted by atomic mass is 16.6. The van der Waals surface area contributed by atoms with Crippen molar-refractivity contribution < 1.29 is 19.1 Å². The molecule has 1 unspecified atom stereocenters. The lowest BCUT2D eigenvalue weighted by atomic mass is 10.2. The van der Waals surface area contributed by atoms with Crippen molar-refractivity contribution in [1.29, 1.82) is 5.26 Å². The molecule has 0 bridgehead atoms. The summed E-state index contributed by atoms with van der Waals surface area (Å²) in [5, 5.41) is 11.3. The van der Waals surface area contributed by atoms with Crippen LogP contribution in [0.25, 0.3) is 0 Å². The molecule has 0 aliphatic heterocycles. The molecule has 0 aliphatic rings. The second-order valence-electron chi connectivity index (χ2n) is 4.15. The van der Waals surface area contributed by atoms with Crippen molar-refractivity contribution in [3.8, 4) is 6.07 Å². The van der Waals surface area contributed by atoms with Crippen LogP contribution in [-0.2, 0) is 20.9 Å². The van der Waals surface area contributed by atoms with E-state index in [-0.39, 0.29) is 6.61 Å². The van der Waals surface area contributed by atoms with E-state index in [0.717, 1.165) is 5.56 Å². The molecule has 6 nitrogen and oxygen atoms in total. The van der Waals surface area contributed by atoms with E-state index in [4.69, 9.17) is 14.7 Å². The van der Waals surface area contributed by atoms with Crippen LogP contribution < -0.4 is 5.32 Å². The maximum atomic E-state index is 11.5. The van der Waals surface area contributed by atoms with Gasteiger partial charge in [-0.05, 0) is 12.5 Å². The summed E-state index contributed by atoms with van der Waals surface area (Å²) in [5.41, 5.74) is 0.854. The van der Waals surface area contributed by atoms with Crippen molar-refractivity contribution in [3.63, 3.8) is 0 Å². The summed E-state index contributed by atoms with van der Waals surface area (Å²) in [5.74, 6) is -0.581. The summed E-state index contributed by atoms with van der Waals surface area (Å²) in [6.45, 7) is 2.88. The molecule has 0 spiro atoms. The Labute approximate surface area is 117 Å². The Bertz CT molecular complexity index is 496. The van der Waals surface area contributed by atoms with E-state index < -0.39 is 24.2 Å². The molecule has 1 aromatic carbocycles. The third-order valence-corrected chi connectivity index (χ3v) is 2.43. The molecule has 1 N–H and O–H groups in total. The molecule has 0 aromatic heterocycles. The minimum atomic E-state index is -1.04. The first-order valence-electron chi connectivity index (χ1n) is 6.07. The van der Waals surface area contributed by atoms with Crippen molar-refractivity contribution in [2.24, 2.45) is 0 Å². The number of rotatable bonds is 5. The monoisotopic (exact) mass is 276 g/mol. The third-order valence-electron chi connectivity index (χ3n) is 2.43. The van der Waals surface area contributed by atoms with E-state index >= 15 is 0 Å². The van der Waals surface area contributed by atoms with Crippen LogP contribution in [-0.4, -0.2) is 24.2 Å². The second-order valence-corrected chi connectivity index (χ2v) is 4.15. The fourth-order valence-electron chi connectivity index (χ4n) is 1.45. The van der Waals surface area contributed by atoms with Gasteiger partial charge in [-0.15, -0.1) is 0 Å². The van der Waals surface area contributed by atoms with Gasteiger partial charge in [0.25, 0.3) is 0 Å². The Balaban J connectivity index is 2.41. The smallest absolute Gasteiger partial charge is 0.407 e. The van der Waals surface area contributed by atoms with Crippen LogP contribution in [0.2, 0.25) is 0 Å². The number of carbonyl (C=O) groups excluding carboxylic acids is 2. The summed E-state index contributed by atoms with van der Waals surface area (Å²) in [4.78, 5) is 22.3. The zero-order chi connectivity index (χ0) is 15.0. The number of alkyl carbamates (subject to hydrolysis) is 1. The van der Waals surface area contributed by atoms with E-state index in [1.54, 1.807) is 13.0 Å². The van der Waals surface area contributed by atoms with Gasteiger partial charge in [-0.3, -0.25) is 4.79 Å². The first-order chi connectivity index (χ1) is 9.52. The average molecular weight is 276 g/mol. The van der Waals surface area contributed by atoms with Gasteiger partial charge in [0.15, 0.2) is 0 Å². The summed E-state index contributed by atoms with van der Waals surface area (Å²) >= 11 is 0. The van der Waals surface area contributed by atoms with Gasteiger partial charge in [-0.1, -0.05) is 30.3 Å². The molecule has 6 heteroatoms. The number of amides is 1. The lowest BCUT2D eigenvalue weighted by Gasteiger charge is -2.18. The standard InChI is InChI=1S/C14H16N2O4/c1-10(13(8-15)20-11(2)17)16-14(18)19-9-12-6-4-3-5-7-12/h3-7,10,13H,9H2,1-2H3,(H,16,18)/t10-,13?/m0/s1. The summed E-state index contributed by atoms with van der Waals surface area (Å²) in [6.07, 6.45) is -1.72. The van der Waals surface area contributed by atoms with E-state index in [2.05, 4.69) is 5.32 Å².